The molecule has 2 aromatic carbocycles. The van der Waals surface area contributed by atoms with Gasteiger partial charge in [0.05, 0.1) is 0 Å². The largest absolute Gasteiger partial charge is 0.507 e. The molecule has 0 bridgehead atoms. The second-order valence-corrected chi connectivity index (χ2v) is 4.51. The molecule has 0 saturated carbocycles. The number of benzene rings is 2. The maximum Gasteiger partial charge on any atom is 0.127 e. The fourth-order valence-electron chi connectivity index (χ4n) is 2.12. The predicted molar refractivity (Wildman–Crippen MR) is 77.2 cm³/mol. The minimum Gasteiger partial charge on any atom is -0.507 e. The van der Waals surface area contributed by atoms with Crippen molar-refractivity contribution < 1.29 is 9.90 Å². The Morgan fingerprint density at radius 3 is 2.32 bits per heavy atom. The van der Waals surface area contributed by atoms with E-state index < -0.39 is 0 Å². The van der Waals surface area contributed by atoms with Gasteiger partial charge in [0.1, 0.15) is 12.0 Å². The standard InChI is InChI=1S/C17H16O2/c1-12(11-18)14-7-3-4-8-15(14)13(2)16-9-5-6-10-17(16)19/h3-12,19H,2H2,1H3. The molecule has 0 heterocycles. The highest BCUT2D eigenvalue weighted by Crippen LogP contribution is 2.32. The zero-order chi connectivity index (χ0) is 13.8. The third-order valence-corrected chi connectivity index (χ3v) is 3.21. The van der Waals surface area contributed by atoms with Crippen LogP contribution in [-0.2, 0) is 4.79 Å². The summed E-state index contributed by atoms with van der Waals surface area (Å²) in [5.41, 5.74) is 3.23. The van der Waals surface area contributed by atoms with Crippen LogP contribution >= 0.6 is 0 Å². The van der Waals surface area contributed by atoms with E-state index in [0.29, 0.717) is 5.56 Å². The summed E-state index contributed by atoms with van der Waals surface area (Å²) in [6, 6.07) is 14.7. The Hall–Kier alpha value is -2.35. The first-order valence-corrected chi connectivity index (χ1v) is 6.17. The Kier molecular flexibility index (Phi) is 3.81. The molecule has 1 atom stereocenters. The summed E-state index contributed by atoms with van der Waals surface area (Å²) in [5, 5.41) is 9.90. The van der Waals surface area contributed by atoms with Gasteiger partial charge in [0.25, 0.3) is 0 Å². The molecule has 1 unspecified atom stereocenters. The lowest BCUT2D eigenvalue weighted by atomic mass is 9.89. The third kappa shape index (κ3) is 2.58. The second kappa shape index (κ2) is 5.53. The molecule has 2 aromatic rings. The van der Waals surface area contributed by atoms with Gasteiger partial charge in [-0.15, -0.1) is 0 Å². The number of phenolic OH excluding ortho intramolecular Hbond substituents is 1. The average Bonchev–Trinajstić information content (AvgIpc) is 2.46. The van der Waals surface area contributed by atoms with Gasteiger partial charge >= 0.3 is 0 Å². The molecule has 96 valence electrons. The number of carbonyl (C=O) groups excluding carboxylic acids is 1. The Morgan fingerprint density at radius 1 is 1.11 bits per heavy atom. The fourth-order valence-corrected chi connectivity index (χ4v) is 2.12. The first-order chi connectivity index (χ1) is 9.15. The SMILES string of the molecule is C=C(c1ccccc1O)c1ccccc1C(C)C=O. The number of phenols is 1. The molecule has 0 fully saturated rings. The van der Waals surface area contributed by atoms with E-state index >= 15 is 0 Å². The van der Waals surface area contributed by atoms with Gasteiger partial charge in [-0.05, 0) is 22.8 Å². The summed E-state index contributed by atoms with van der Waals surface area (Å²) < 4.78 is 0. The highest BCUT2D eigenvalue weighted by molar-refractivity contribution is 5.84. The molecule has 0 aliphatic heterocycles. The fraction of sp³-hybridized carbons (Fsp3) is 0.118. The van der Waals surface area contributed by atoms with Crippen molar-refractivity contribution in [2.45, 2.75) is 12.8 Å². The van der Waals surface area contributed by atoms with E-state index in [0.717, 1.165) is 23.0 Å². The van der Waals surface area contributed by atoms with Crippen molar-refractivity contribution >= 4 is 11.9 Å². The summed E-state index contributed by atoms with van der Waals surface area (Å²) in [4.78, 5) is 11.0. The molecule has 19 heavy (non-hydrogen) atoms. The minimum atomic E-state index is -0.196. The quantitative estimate of drug-likeness (QED) is 0.841. The molecule has 0 radical (unpaired) electrons. The Balaban J connectivity index is 2.51. The smallest absolute Gasteiger partial charge is 0.127 e. The molecule has 2 nitrogen and oxygen atoms in total. The maximum absolute atomic E-state index is 11.0. The van der Waals surface area contributed by atoms with Crippen LogP contribution < -0.4 is 0 Å². The van der Waals surface area contributed by atoms with Gasteiger partial charge in [0.2, 0.25) is 0 Å². The van der Waals surface area contributed by atoms with Crippen LogP contribution in [-0.4, -0.2) is 11.4 Å². The molecule has 0 spiro atoms. The first-order valence-electron chi connectivity index (χ1n) is 6.17. The van der Waals surface area contributed by atoms with Crippen LogP contribution in [0.2, 0.25) is 0 Å². The summed E-state index contributed by atoms with van der Waals surface area (Å²) in [5.74, 6) is -0.000126. The van der Waals surface area contributed by atoms with Crippen LogP contribution in [0.1, 0.15) is 29.5 Å². The number of hydrogen-bond acceptors (Lipinski definition) is 2. The zero-order valence-electron chi connectivity index (χ0n) is 10.8. The molecule has 2 heteroatoms. The van der Waals surface area contributed by atoms with E-state index in [2.05, 4.69) is 6.58 Å². The van der Waals surface area contributed by atoms with Gasteiger partial charge in [0, 0.05) is 11.5 Å². The Bertz CT molecular complexity index is 614. The summed E-state index contributed by atoms with van der Waals surface area (Å²) in [6.07, 6.45) is 0.914. The lowest BCUT2D eigenvalue weighted by Gasteiger charge is -2.15. The van der Waals surface area contributed by atoms with Crippen molar-refractivity contribution in [2.75, 3.05) is 0 Å². The van der Waals surface area contributed by atoms with Gasteiger partial charge in [-0.3, -0.25) is 0 Å². The van der Waals surface area contributed by atoms with E-state index in [9.17, 15) is 9.90 Å². The lowest BCUT2D eigenvalue weighted by molar-refractivity contribution is -0.108. The maximum atomic E-state index is 11.0. The van der Waals surface area contributed by atoms with E-state index in [1.807, 2.05) is 43.3 Å². The summed E-state index contributed by atoms with van der Waals surface area (Å²) in [7, 11) is 0. The van der Waals surface area contributed by atoms with E-state index in [1.165, 1.54) is 0 Å². The molecule has 2 rings (SSSR count). The number of aldehydes is 1. The molecule has 1 N–H and O–H groups in total. The van der Waals surface area contributed by atoms with E-state index in [-0.39, 0.29) is 11.7 Å². The van der Waals surface area contributed by atoms with Gasteiger partial charge in [-0.1, -0.05) is 56.0 Å². The Labute approximate surface area is 113 Å². The number of hydrogen-bond donors (Lipinski definition) is 1. The average molecular weight is 252 g/mol. The van der Waals surface area contributed by atoms with Crippen molar-refractivity contribution in [2.24, 2.45) is 0 Å². The number of rotatable bonds is 4. The Morgan fingerprint density at radius 2 is 1.68 bits per heavy atom. The minimum absolute atomic E-state index is 0.195. The molecule has 0 aliphatic rings. The summed E-state index contributed by atoms with van der Waals surface area (Å²) in [6.45, 7) is 5.91. The van der Waals surface area contributed by atoms with Crippen LogP contribution in [0.4, 0.5) is 0 Å². The predicted octanol–water partition coefficient (Wildman–Crippen LogP) is 3.76. The van der Waals surface area contributed by atoms with E-state index in [4.69, 9.17) is 0 Å². The van der Waals surface area contributed by atoms with Gasteiger partial charge in [-0.25, -0.2) is 0 Å². The van der Waals surface area contributed by atoms with Gasteiger partial charge in [0.15, 0.2) is 0 Å². The molecular weight excluding hydrogens is 236 g/mol. The molecular formula is C17H16O2. The normalized spacial score (nSPS) is 11.8. The van der Waals surface area contributed by atoms with Crippen molar-refractivity contribution in [3.8, 4) is 5.75 Å². The van der Waals surface area contributed by atoms with E-state index in [1.54, 1.807) is 12.1 Å². The first kappa shape index (κ1) is 13.1. The highest BCUT2D eigenvalue weighted by Gasteiger charge is 2.14. The topological polar surface area (TPSA) is 37.3 Å². The monoisotopic (exact) mass is 252 g/mol. The number of para-hydroxylation sites is 1. The van der Waals surface area contributed by atoms with Crippen LogP contribution in [0.5, 0.6) is 5.75 Å². The molecule has 0 aromatic heterocycles. The zero-order valence-corrected chi connectivity index (χ0v) is 10.8. The second-order valence-electron chi connectivity index (χ2n) is 4.51. The van der Waals surface area contributed by atoms with Gasteiger partial charge in [-0.2, -0.15) is 0 Å². The molecule has 0 aliphatic carbocycles. The summed E-state index contributed by atoms with van der Waals surface area (Å²) >= 11 is 0. The van der Waals surface area contributed by atoms with Crippen LogP contribution in [0, 0.1) is 0 Å². The third-order valence-electron chi connectivity index (χ3n) is 3.21. The van der Waals surface area contributed by atoms with Crippen molar-refractivity contribution in [3.05, 3.63) is 71.8 Å². The highest BCUT2D eigenvalue weighted by atomic mass is 16.3. The van der Waals surface area contributed by atoms with Crippen LogP contribution in [0.3, 0.4) is 0 Å². The van der Waals surface area contributed by atoms with Crippen molar-refractivity contribution in [1.29, 1.82) is 0 Å². The van der Waals surface area contributed by atoms with Crippen LogP contribution in [0.15, 0.2) is 55.1 Å². The molecule has 0 saturated heterocycles. The number of aromatic hydroxyl groups is 1. The molecule has 0 amide bonds. The van der Waals surface area contributed by atoms with Crippen LogP contribution in [0.25, 0.3) is 5.57 Å². The van der Waals surface area contributed by atoms with Crippen molar-refractivity contribution in [3.63, 3.8) is 0 Å². The number of carbonyl (C=O) groups is 1. The lowest BCUT2D eigenvalue weighted by Crippen LogP contribution is -2.00. The van der Waals surface area contributed by atoms with Crippen molar-refractivity contribution in [1.82, 2.24) is 0 Å². The van der Waals surface area contributed by atoms with Gasteiger partial charge < -0.3 is 9.90 Å².